The van der Waals surface area contributed by atoms with E-state index in [1.165, 1.54) is 12.1 Å². The summed E-state index contributed by atoms with van der Waals surface area (Å²) in [6.45, 7) is 12.9. The van der Waals surface area contributed by atoms with Gasteiger partial charge in [-0.25, -0.2) is 9.83 Å². The van der Waals surface area contributed by atoms with Gasteiger partial charge in [0, 0.05) is 5.57 Å². The molecule has 0 aliphatic carbocycles. The number of halogens is 3. The number of hydrogen-bond donors (Lipinski definition) is 2. The van der Waals surface area contributed by atoms with Gasteiger partial charge in [0.15, 0.2) is 11.5 Å². The molecule has 0 radical (unpaired) electrons. The molecule has 1 aromatic carbocycles. The van der Waals surface area contributed by atoms with Crippen LogP contribution in [0, 0.1) is 13.5 Å². The summed E-state index contributed by atoms with van der Waals surface area (Å²) in [6.07, 6.45) is -4.99. The number of fused-ring (bicyclic) bond motifs is 1. The van der Waals surface area contributed by atoms with Crippen molar-refractivity contribution < 1.29 is 18.3 Å². The zero-order valence-electron chi connectivity index (χ0n) is 11.8. The third-order valence-corrected chi connectivity index (χ3v) is 3.48. The second kappa shape index (κ2) is 5.02. The Morgan fingerprint density at radius 2 is 2.09 bits per heavy atom. The van der Waals surface area contributed by atoms with Crippen molar-refractivity contribution in [2.75, 3.05) is 0 Å². The topological polar surface area (TPSA) is 53.3 Å². The van der Waals surface area contributed by atoms with Gasteiger partial charge >= 0.3 is 6.18 Å². The number of aromatic nitrogens is 2. The van der Waals surface area contributed by atoms with Crippen molar-refractivity contribution in [1.82, 2.24) is 9.97 Å². The molecule has 1 atom stereocenters. The molecule has 22 heavy (non-hydrogen) atoms. The van der Waals surface area contributed by atoms with Gasteiger partial charge in [-0.05, 0) is 31.5 Å². The Kier molecular flexibility index (Phi) is 3.61. The zero-order valence-corrected chi connectivity index (χ0v) is 11.8. The number of nitrogens with zero attached hydrogens (tertiary/aromatic N) is 2. The van der Waals surface area contributed by atoms with Crippen LogP contribution in [0.25, 0.3) is 15.9 Å². The van der Waals surface area contributed by atoms with Crippen LogP contribution in [0.4, 0.5) is 18.9 Å². The summed E-state index contributed by atoms with van der Waals surface area (Å²) in [5.41, 5.74) is -0.374. The van der Waals surface area contributed by atoms with Gasteiger partial charge in [-0.3, -0.25) is 0 Å². The van der Waals surface area contributed by atoms with E-state index in [1.54, 1.807) is 6.92 Å². The first kappa shape index (κ1) is 15.8. The average Bonchev–Trinajstić information content (AvgIpc) is 2.86. The second-order valence-corrected chi connectivity index (χ2v) is 4.86. The third kappa shape index (κ3) is 2.19. The summed E-state index contributed by atoms with van der Waals surface area (Å²) < 4.78 is 40.0. The van der Waals surface area contributed by atoms with E-state index >= 15 is 0 Å². The lowest BCUT2D eigenvalue weighted by Crippen LogP contribution is -2.44. The lowest BCUT2D eigenvalue weighted by molar-refractivity contribution is -0.252. The van der Waals surface area contributed by atoms with Crippen LogP contribution in [-0.2, 0) is 5.60 Å². The fourth-order valence-corrected chi connectivity index (χ4v) is 2.10. The Bertz CT molecular complexity index is 838. The lowest BCUT2D eigenvalue weighted by Gasteiger charge is -2.28. The Balaban J connectivity index is 2.77. The van der Waals surface area contributed by atoms with Crippen molar-refractivity contribution in [3.63, 3.8) is 0 Å². The highest BCUT2D eigenvalue weighted by molar-refractivity contribution is 5.82. The van der Waals surface area contributed by atoms with Crippen molar-refractivity contribution >= 4 is 16.7 Å². The third-order valence-electron chi connectivity index (χ3n) is 3.48. The Labute approximate surface area is 124 Å². The molecule has 4 nitrogen and oxygen atoms in total. The standard InChI is InChI=1S/C15H12F3N3O/c1-5-9(3)14(22,15(16,17)18)13-20-11-6-8(2)10(19-4)7-12(11)21-13/h6-7,22H,1H2,2-3H3,(H,20,21). The molecule has 114 valence electrons. The summed E-state index contributed by atoms with van der Waals surface area (Å²) >= 11 is 0. The molecule has 0 aliphatic rings. The molecule has 2 N–H and O–H groups in total. The molecule has 0 aliphatic heterocycles. The molecule has 0 bridgehead atoms. The first-order valence-corrected chi connectivity index (χ1v) is 6.19. The summed E-state index contributed by atoms with van der Waals surface area (Å²) in [7, 11) is 0. The number of aliphatic hydroxyl groups is 1. The molecule has 2 aromatic rings. The molecule has 0 fully saturated rings. The van der Waals surface area contributed by atoms with Crippen molar-refractivity contribution in [2.24, 2.45) is 0 Å². The summed E-state index contributed by atoms with van der Waals surface area (Å²) in [5.74, 6) is -0.676. The molecule has 7 heteroatoms. The van der Waals surface area contributed by atoms with E-state index in [0.29, 0.717) is 11.1 Å². The maximum atomic E-state index is 13.3. The number of hydrogen-bond acceptors (Lipinski definition) is 2. The van der Waals surface area contributed by atoms with Crippen molar-refractivity contribution in [3.05, 3.63) is 52.8 Å². The smallest absolute Gasteiger partial charge is 0.370 e. The van der Waals surface area contributed by atoms with Gasteiger partial charge in [-0.1, -0.05) is 6.58 Å². The van der Waals surface area contributed by atoms with E-state index in [2.05, 4.69) is 27.1 Å². The summed E-state index contributed by atoms with van der Waals surface area (Å²) in [5, 5.41) is 10.2. The highest BCUT2D eigenvalue weighted by Gasteiger charge is 2.58. The van der Waals surface area contributed by atoms with E-state index < -0.39 is 23.2 Å². The number of aromatic amines is 1. The number of benzene rings is 1. The van der Waals surface area contributed by atoms with Crippen molar-refractivity contribution in [3.8, 4) is 0 Å². The van der Waals surface area contributed by atoms with E-state index in [1.807, 2.05) is 0 Å². The molecular weight excluding hydrogens is 295 g/mol. The lowest BCUT2D eigenvalue weighted by atomic mass is 9.94. The SMILES string of the molecule is [C-]#[N+]c1cc2nc(C(O)(C(C)=C=C)C(F)(F)F)[nH]c2cc1C. The van der Waals surface area contributed by atoms with E-state index in [0.717, 1.165) is 6.92 Å². The first-order valence-electron chi connectivity index (χ1n) is 6.19. The van der Waals surface area contributed by atoms with Gasteiger partial charge in [0.1, 0.15) is 0 Å². The van der Waals surface area contributed by atoms with Gasteiger partial charge in [-0.2, -0.15) is 13.2 Å². The molecule has 1 unspecified atom stereocenters. The molecule has 0 amide bonds. The Morgan fingerprint density at radius 3 is 2.59 bits per heavy atom. The van der Waals surface area contributed by atoms with Gasteiger partial charge in [0.25, 0.3) is 0 Å². The van der Waals surface area contributed by atoms with Crippen LogP contribution >= 0.6 is 0 Å². The molecule has 1 aromatic heterocycles. The minimum absolute atomic E-state index is 0.172. The summed E-state index contributed by atoms with van der Waals surface area (Å²) in [6, 6.07) is 2.89. The molecule has 2 rings (SSSR count). The predicted octanol–water partition coefficient (Wildman–Crippen LogP) is 3.90. The predicted molar refractivity (Wildman–Crippen MR) is 75.4 cm³/mol. The monoisotopic (exact) mass is 307 g/mol. The Hall–Kier alpha value is -2.55. The number of H-pyrrole nitrogens is 1. The fourth-order valence-electron chi connectivity index (χ4n) is 2.10. The number of imidazole rings is 1. The highest BCUT2D eigenvalue weighted by Crippen LogP contribution is 2.43. The van der Waals surface area contributed by atoms with Crippen LogP contribution in [-0.4, -0.2) is 21.3 Å². The average molecular weight is 307 g/mol. The number of nitrogens with one attached hydrogen (secondary N) is 1. The van der Waals surface area contributed by atoms with Crippen LogP contribution in [0.1, 0.15) is 18.3 Å². The van der Waals surface area contributed by atoms with E-state index in [-0.39, 0.29) is 11.2 Å². The quantitative estimate of drug-likeness (QED) is 0.653. The number of alkyl halides is 3. The second-order valence-electron chi connectivity index (χ2n) is 4.86. The number of aryl methyl sites for hydroxylation is 1. The maximum absolute atomic E-state index is 13.3. The van der Waals surface area contributed by atoms with Gasteiger partial charge in [-0.15, -0.1) is 5.73 Å². The number of rotatable bonds is 2. The molecular formula is C15H12F3N3O. The summed E-state index contributed by atoms with van der Waals surface area (Å²) in [4.78, 5) is 9.57. The van der Waals surface area contributed by atoms with Crippen LogP contribution < -0.4 is 0 Å². The minimum Gasteiger partial charge on any atom is -0.370 e. The van der Waals surface area contributed by atoms with E-state index in [9.17, 15) is 18.3 Å². The fraction of sp³-hybridized carbons (Fsp3) is 0.267. The van der Waals surface area contributed by atoms with Crippen LogP contribution in [0.2, 0.25) is 0 Å². The molecule has 1 heterocycles. The highest BCUT2D eigenvalue weighted by atomic mass is 19.4. The van der Waals surface area contributed by atoms with Crippen LogP contribution in [0.3, 0.4) is 0 Å². The van der Waals surface area contributed by atoms with Gasteiger partial charge < -0.3 is 10.1 Å². The largest absolute Gasteiger partial charge is 0.429 e. The van der Waals surface area contributed by atoms with E-state index in [4.69, 9.17) is 6.57 Å². The van der Waals surface area contributed by atoms with Gasteiger partial charge in [0.05, 0.1) is 17.6 Å². The van der Waals surface area contributed by atoms with Crippen LogP contribution in [0.15, 0.2) is 30.0 Å². The van der Waals surface area contributed by atoms with Crippen molar-refractivity contribution in [2.45, 2.75) is 25.6 Å². The normalized spacial score (nSPS) is 14.2. The zero-order chi connectivity index (χ0) is 16.7. The minimum atomic E-state index is -4.99. The molecule has 0 spiro atoms. The van der Waals surface area contributed by atoms with Crippen molar-refractivity contribution in [1.29, 1.82) is 0 Å². The van der Waals surface area contributed by atoms with Gasteiger partial charge in [0.2, 0.25) is 5.60 Å². The van der Waals surface area contributed by atoms with Crippen LogP contribution in [0.5, 0.6) is 0 Å². The first-order chi connectivity index (χ1) is 10.1. The molecule has 0 saturated heterocycles. The maximum Gasteiger partial charge on any atom is 0.429 e. The molecule has 0 saturated carbocycles. The Morgan fingerprint density at radius 1 is 1.45 bits per heavy atom.